The van der Waals surface area contributed by atoms with E-state index in [1.54, 1.807) is 47.2 Å². The number of carbonyl (C=O) groups excluding carboxylic acids is 2. The van der Waals surface area contributed by atoms with Crippen molar-refractivity contribution in [2.75, 3.05) is 16.6 Å². The van der Waals surface area contributed by atoms with E-state index in [1.807, 2.05) is 6.92 Å². The minimum absolute atomic E-state index is 0.0200. The first-order chi connectivity index (χ1) is 17.7. The van der Waals surface area contributed by atoms with Crippen molar-refractivity contribution in [3.05, 3.63) is 88.3 Å². The zero-order chi connectivity index (χ0) is 26.6. The Morgan fingerprint density at radius 3 is 2.59 bits per heavy atom. The summed E-state index contributed by atoms with van der Waals surface area (Å²) in [5, 5.41) is 13.9. The molecule has 0 fully saturated rings. The van der Waals surface area contributed by atoms with Crippen LogP contribution in [0, 0.1) is 25.2 Å². The number of nitriles is 1. The molecule has 10 nitrogen and oxygen atoms in total. The Hall–Kier alpha value is -4.34. The molecule has 37 heavy (non-hydrogen) atoms. The van der Waals surface area contributed by atoms with Gasteiger partial charge in [-0.05, 0) is 55.1 Å². The number of hydrogen-bond donors (Lipinski definition) is 2. The highest BCUT2D eigenvalue weighted by Crippen LogP contribution is 2.28. The summed E-state index contributed by atoms with van der Waals surface area (Å²) in [6.45, 7) is 3.23. The van der Waals surface area contributed by atoms with Crippen LogP contribution < -0.4 is 10.0 Å². The van der Waals surface area contributed by atoms with Crippen LogP contribution in [-0.4, -0.2) is 31.5 Å². The number of furan rings is 1. The van der Waals surface area contributed by atoms with Crippen LogP contribution >= 0.6 is 11.3 Å². The zero-order valence-electron chi connectivity index (χ0n) is 19.8. The average molecular weight is 539 g/mol. The summed E-state index contributed by atoms with van der Waals surface area (Å²) in [4.78, 5) is 25.5. The van der Waals surface area contributed by atoms with Crippen molar-refractivity contribution in [2.45, 2.75) is 24.6 Å². The second-order valence-corrected chi connectivity index (χ2v) is 10.8. The lowest BCUT2D eigenvalue weighted by atomic mass is 10.2. The fourth-order valence-electron chi connectivity index (χ4n) is 3.62. The molecule has 2 N–H and O–H groups in total. The highest BCUT2D eigenvalue weighted by atomic mass is 32.2. The predicted molar refractivity (Wildman–Crippen MR) is 137 cm³/mol. The van der Waals surface area contributed by atoms with Gasteiger partial charge in [0, 0.05) is 5.69 Å². The number of thiophene rings is 1. The van der Waals surface area contributed by atoms with E-state index < -0.39 is 28.5 Å². The van der Waals surface area contributed by atoms with Crippen molar-refractivity contribution in [1.29, 1.82) is 5.26 Å². The number of hydrogen-bond acceptors (Lipinski definition) is 8. The molecule has 12 heteroatoms. The Kier molecular flexibility index (Phi) is 7.47. The van der Waals surface area contributed by atoms with Crippen molar-refractivity contribution in [3.8, 4) is 6.07 Å². The van der Waals surface area contributed by atoms with Gasteiger partial charge in [-0.3, -0.25) is 9.52 Å². The lowest BCUT2D eigenvalue weighted by Crippen LogP contribution is -2.24. The van der Waals surface area contributed by atoms with Gasteiger partial charge >= 0.3 is 5.97 Å². The second-order valence-electron chi connectivity index (χ2n) is 7.92. The largest absolute Gasteiger partial charge is 0.467 e. The maximum Gasteiger partial charge on any atom is 0.340 e. The maximum absolute atomic E-state index is 12.8. The minimum atomic E-state index is -3.89. The molecule has 0 radical (unpaired) electrons. The normalized spacial score (nSPS) is 11.1. The molecule has 0 aliphatic heterocycles. The Balaban J connectivity index is 1.48. The van der Waals surface area contributed by atoms with E-state index in [2.05, 4.69) is 16.1 Å². The molecular formula is C25H22N4O6S2. The number of benzene rings is 1. The molecule has 0 unspecified atom stereocenters. The third-order valence-corrected chi connectivity index (χ3v) is 8.34. The third kappa shape index (κ3) is 5.58. The van der Waals surface area contributed by atoms with E-state index in [4.69, 9.17) is 9.15 Å². The first-order valence-corrected chi connectivity index (χ1v) is 13.3. The molecule has 1 aromatic carbocycles. The second kappa shape index (κ2) is 10.7. The number of anilines is 2. The molecule has 0 spiro atoms. The number of esters is 1. The third-order valence-electron chi connectivity index (χ3n) is 5.58. The fraction of sp³-hybridized carbons (Fsp3) is 0.160. The molecular weight excluding hydrogens is 516 g/mol. The van der Waals surface area contributed by atoms with E-state index in [-0.39, 0.29) is 33.4 Å². The molecule has 0 saturated carbocycles. The van der Waals surface area contributed by atoms with Crippen LogP contribution in [0.4, 0.5) is 11.5 Å². The van der Waals surface area contributed by atoms with E-state index in [0.717, 1.165) is 17.0 Å². The monoisotopic (exact) mass is 538 g/mol. The molecule has 4 aromatic rings. The Morgan fingerprint density at radius 2 is 1.92 bits per heavy atom. The van der Waals surface area contributed by atoms with Crippen LogP contribution in [0.2, 0.25) is 0 Å². The molecule has 3 aromatic heterocycles. The van der Waals surface area contributed by atoms with Crippen molar-refractivity contribution in [2.24, 2.45) is 0 Å². The van der Waals surface area contributed by atoms with Crippen molar-refractivity contribution < 1.29 is 27.2 Å². The smallest absolute Gasteiger partial charge is 0.340 e. The van der Waals surface area contributed by atoms with Crippen LogP contribution in [0.15, 0.2) is 68.8 Å². The lowest BCUT2D eigenvalue weighted by Gasteiger charge is -2.13. The molecule has 4 rings (SSSR count). The number of amides is 1. The number of sulfonamides is 1. The van der Waals surface area contributed by atoms with Crippen LogP contribution in [0.3, 0.4) is 0 Å². The Morgan fingerprint density at radius 1 is 1.14 bits per heavy atom. The summed E-state index contributed by atoms with van der Waals surface area (Å²) in [5.41, 5.74) is 1.73. The summed E-state index contributed by atoms with van der Waals surface area (Å²) >= 11 is 1.04. The summed E-state index contributed by atoms with van der Waals surface area (Å²) < 4.78 is 40.0. The molecule has 0 aliphatic rings. The van der Waals surface area contributed by atoms with Gasteiger partial charge in [0.15, 0.2) is 6.61 Å². The molecule has 1 amide bonds. The minimum Gasteiger partial charge on any atom is -0.467 e. The number of carbonyl (C=O) groups is 2. The van der Waals surface area contributed by atoms with Gasteiger partial charge in [0.05, 0.1) is 29.6 Å². The topological polar surface area (TPSA) is 143 Å². The molecule has 190 valence electrons. The summed E-state index contributed by atoms with van der Waals surface area (Å²) in [5.74, 6) is -0.664. The first-order valence-electron chi connectivity index (χ1n) is 11.0. The SMILES string of the molecule is Cc1c(C#N)c(NC(=O)COC(=O)c2ccccc2NS(=O)(=O)c2cccs2)n(Cc2ccco2)c1C. The average Bonchev–Trinajstić information content (AvgIpc) is 3.63. The number of aromatic nitrogens is 1. The number of rotatable bonds is 9. The van der Waals surface area contributed by atoms with Crippen molar-refractivity contribution in [1.82, 2.24) is 4.57 Å². The van der Waals surface area contributed by atoms with E-state index in [9.17, 15) is 23.3 Å². The first kappa shape index (κ1) is 25.7. The number of ether oxygens (including phenoxy) is 1. The summed E-state index contributed by atoms with van der Waals surface area (Å²) in [6.07, 6.45) is 1.53. The predicted octanol–water partition coefficient (Wildman–Crippen LogP) is 4.28. The van der Waals surface area contributed by atoms with E-state index in [1.165, 1.54) is 24.5 Å². The number of para-hydroxylation sites is 1. The van der Waals surface area contributed by atoms with Crippen molar-refractivity contribution in [3.63, 3.8) is 0 Å². The van der Waals surface area contributed by atoms with Crippen LogP contribution in [0.1, 0.15) is 32.9 Å². The highest BCUT2D eigenvalue weighted by molar-refractivity contribution is 7.94. The lowest BCUT2D eigenvalue weighted by molar-refractivity contribution is -0.119. The number of nitrogens with zero attached hydrogens (tertiary/aromatic N) is 2. The van der Waals surface area contributed by atoms with Gasteiger partial charge < -0.3 is 19.0 Å². The Labute approximate surface area is 217 Å². The van der Waals surface area contributed by atoms with Crippen LogP contribution in [0.5, 0.6) is 0 Å². The highest BCUT2D eigenvalue weighted by Gasteiger charge is 2.23. The molecule has 0 atom stereocenters. The van der Waals surface area contributed by atoms with Gasteiger partial charge in [0.2, 0.25) is 0 Å². The van der Waals surface area contributed by atoms with E-state index >= 15 is 0 Å². The van der Waals surface area contributed by atoms with Gasteiger partial charge in [-0.15, -0.1) is 11.3 Å². The van der Waals surface area contributed by atoms with Gasteiger partial charge in [-0.25, -0.2) is 13.2 Å². The standard InChI is InChI=1S/C25H22N4O6S2/c1-16-17(2)29(14-18-7-5-11-34-18)24(20(16)13-26)27-22(30)15-35-25(31)19-8-3-4-9-21(19)28-37(32,33)23-10-6-12-36-23/h3-12,28H,14-15H2,1-2H3,(H,27,30). The maximum atomic E-state index is 12.8. The molecule has 3 heterocycles. The van der Waals surface area contributed by atoms with Gasteiger partial charge in [-0.1, -0.05) is 18.2 Å². The zero-order valence-corrected chi connectivity index (χ0v) is 21.5. The van der Waals surface area contributed by atoms with Gasteiger partial charge in [0.1, 0.15) is 21.9 Å². The molecule has 0 aliphatic carbocycles. The Bertz CT molecular complexity index is 1580. The fourth-order valence-corrected chi connectivity index (χ4v) is 5.70. The van der Waals surface area contributed by atoms with Crippen LogP contribution in [-0.2, 0) is 26.1 Å². The quantitative estimate of drug-likeness (QED) is 0.303. The molecule has 0 bridgehead atoms. The van der Waals surface area contributed by atoms with Gasteiger partial charge in [0.25, 0.3) is 15.9 Å². The van der Waals surface area contributed by atoms with Gasteiger partial charge in [-0.2, -0.15) is 5.26 Å². The molecule has 0 saturated heterocycles. The van der Waals surface area contributed by atoms with Crippen LogP contribution in [0.25, 0.3) is 0 Å². The van der Waals surface area contributed by atoms with E-state index in [0.29, 0.717) is 11.3 Å². The van der Waals surface area contributed by atoms with Crippen molar-refractivity contribution >= 4 is 44.7 Å². The summed E-state index contributed by atoms with van der Waals surface area (Å²) in [6, 6.07) is 14.6. The number of nitrogens with one attached hydrogen (secondary N) is 2. The summed E-state index contributed by atoms with van der Waals surface area (Å²) in [7, 11) is -3.89.